The second kappa shape index (κ2) is 8.66. The number of aromatic nitrogens is 2. The topological polar surface area (TPSA) is 51.0 Å². The molecule has 0 radical (unpaired) electrons. The van der Waals surface area contributed by atoms with Crippen molar-refractivity contribution in [3.8, 4) is 0 Å². The molecule has 1 aliphatic rings. The third-order valence-electron chi connectivity index (χ3n) is 4.91. The van der Waals surface area contributed by atoms with E-state index in [0.717, 1.165) is 12.4 Å². The van der Waals surface area contributed by atoms with Crippen molar-refractivity contribution in [2.75, 3.05) is 6.54 Å². The van der Waals surface area contributed by atoms with Crippen LogP contribution in [0.15, 0.2) is 4.52 Å². The second-order valence-corrected chi connectivity index (χ2v) is 7.02. The van der Waals surface area contributed by atoms with Crippen LogP contribution in [0.3, 0.4) is 0 Å². The van der Waals surface area contributed by atoms with E-state index in [4.69, 9.17) is 4.52 Å². The van der Waals surface area contributed by atoms with Crippen LogP contribution in [0.2, 0.25) is 0 Å². The summed E-state index contributed by atoms with van der Waals surface area (Å²) in [5.41, 5.74) is -0.0983. The van der Waals surface area contributed by atoms with Crippen LogP contribution in [-0.2, 0) is 5.54 Å². The maximum Gasteiger partial charge on any atom is 0.223 e. The lowest BCUT2D eigenvalue weighted by molar-refractivity contribution is 0.280. The quantitative estimate of drug-likeness (QED) is 0.567. The molecule has 0 saturated heterocycles. The lowest BCUT2D eigenvalue weighted by Crippen LogP contribution is -2.43. The van der Waals surface area contributed by atoms with Gasteiger partial charge in [-0.3, -0.25) is 0 Å². The minimum Gasteiger partial charge on any atom is -0.340 e. The van der Waals surface area contributed by atoms with Crippen LogP contribution in [0.5, 0.6) is 0 Å². The fourth-order valence-corrected chi connectivity index (χ4v) is 3.18. The minimum absolute atomic E-state index is 0.0983. The molecule has 0 amide bonds. The molecule has 1 unspecified atom stereocenters. The van der Waals surface area contributed by atoms with Gasteiger partial charge in [-0.15, -0.1) is 0 Å². The molecule has 22 heavy (non-hydrogen) atoms. The predicted molar refractivity (Wildman–Crippen MR) is 89.7 cm³/mol. The van der Waals surface area contributed by atoms with Crippen molar-refractivity contribution in [1.29, 1.82) is 0 Å². The van der Waals surface area contributed by atoms with Crippen molar-refractivity contribution in [1.82, 2.24) is 15.5 Å². The van der Waals surface area contributed by atoms with Gasteiger partial charge in [-0.2, -0.15) is 4.98 Å². The van der Waals surface area contributed by atoms with Crippen LogP contribution >= 0.6 is 0 Å². The highest BCUT2D eigenvalue weighted by molar-refractivity contribution is 5.10. The monoisotopic (exact) mass is 307 g/mol. The van der Waals surface area contributed by atoms with E-state index < -0.39 is 0 Å². The zero-order valence-corrected chi connectivity index (χ0v) is 14.7. The van der Waals surface area contributed by atoms with Gasteiger partial charge in [0.2, 0.25) is 5.89 Å². The lowest BCUT2D eigenvalue weighted by Gasteiger charge is -2.27. The van der Waals surface area contributed by atoms with E-state index >= 15 is 0 Å². The first kappa shape index (κ1) is 17.5. The number of nitrogens with one attached hydrogen (secondary N) is 1. The van der Waals surface area contributed by atoms with Gasteiger partial charge in [-0.1, -0.05) is 57.0 Å². The van der Waals surface area contributed by atoms with Crippen LogP contribution in [0.25, 0.3) is 0 Å². The highest BCUT2D eigenvalue weighted by atomic mass is 16.5. The van der Waals surface area contributed by atoms with Crippen molar-refractivity contribution in [2.24, 2.45) is 5.92 Å². The van der Waals surface area contributed by atoms with E-state index in [-0.39, 0.29) is 5.54 Å². The Hall–Kier alpha value is -0.900. The Morgan fingerprint density at radius 1 is 1.09 bits per heavy atom. The van der Waals surface area contributed by atoms with Crippen LogP contribution in [0.1, 0.15) is 89.8 Å². The second-order valence-electron chi connectivity index (χ2n) is 7.02. The van der Waals surface area contributed by atoms with Crippen LogP contribution in [-0.4, -0.2) is 16.7 Å². The molecule has 1 atom stereocenters. The first-order chi connectivity index (χ1) is 10.7. The van der Waals surface area contributed by atoms with Crippen molar-refractivity contribution in [3.05, 3.63) is 11.7 Å². The number of unbranched alkanes of at least 4 members (excludes halogenated alkanes) is 7. The molecule has 0 aromatic carbocycles. The lowest BCUT2D eigenvalue weighted by atomic mass is 9.94. The zero-order chi connectivity index (χ0) is 15.8. The molecule has 1 aromatic rings. The van der Waals surface area contributed by atoms with Gasteiger partial charge in [0.15, 0.2) is 5.82 Å². The Bertz CT molecular complexity index is 428. The number of rotatable bonds is 12. The maximum atomic E-state index is 5.18. The van der Waals surface area contributed by atoms with Gasteiger partial charge in [0.1, 0.15) is 0 Å². The smallest absolute Gasteiger partial charge is 0.223 e. The predicted octanol–water partition coefficient (Wildman–Crippen LogP) is 4.73. The van der Waals surface area contributed by atoms with Gasteiger partial charge in [-0.05, 0) is 38.6 Å². The Balaban J connectivity index is 1.64. The van der Waals surface area contributed by atoms with Gasteiger partial charge in [0, 0.05) is 6.92 Å². The Morgan fingerprint density at radius 3 is 2.27 bits per heavy atom. The Morgan fingerprint density at radius 2 is 1.73 bits per heavy atom. The molecule has 1 fully saturated rings. The van der Waals surface area contributed by atoms with Gasteiger partial charge < -0.3 is 9.84 Å². The molecule has 0 spiro atoms. The first-order valence-electron chi connectivity index (χ1n) is 9.22. The fraction of sp³-hybridized carbons (Fsp3) is 0.889. The summed E-state index contributed by atoms with van der Waals surface area (Å²) in [6, 6.07) is 0. The Kier molecular flexibility index (Phi) is 6.87. The third-order valence-corrected chi connectivity index (χ3v) is 4.91. The largest absolute Gasteiger partial charge is 0.340 e. The van der Waals surface area contributed by atoms with Crippen LogP contribution in [0, 0.1) is 12.8 Å². The number of hydrogen-bond acceptors (Lipinski definition) is 4. The molecule has 1 aromatic heterocycles. The summed E-state index contributed by atoms with van der Waals surface area (Å²) in [4.78, 5) is 4.46. The summed E-state index contributed by atoms with van der Waals surface area (Å²) in [6.07, 6.45) is 13.4. The molecular formula is C18H33N3O. The molecule has 4 heteroatoms. The van der Waals surface area contributed by atoms with Crippen LogP contribution < -0.4 is 5.32 Å². The maximum absolute atomic E-state index is 5.18. The van der Waals surface area contributed by atoms with Gasteiger partial charge in [-0.25, -0.2) is 0 Å². The molecule has 1 aliphatic carbocycles. The van der Waals surface area contributed by atoms with E-state index in [1.165, 1.54) is 64.2 Å². The standard InChI is InChI=1S/C18H33N3O/c1-4-5-6-7-8-9-10-11-14-19-18(3,16-12-13-16)17-20-15(2)22-21-17/h16,19H,4-14H2,1-3H3. The number of nitrogens with zero attached hydrogens (tertiary/aromatic N) is 2. The number of aryl methyl sites for hydroxylation is 1. The molecule has 0 aliphatic heterocycles. The van der Waals surface area contributed by atoms with Crippen molar-refractivity contribution in [3.63, 3.8) is 0 Å². The summed E-state index contributed by atoms with van der Waals surface area (Å²) in [6.45, 7) is 7.42. The van der Waals surface area contributed by atoms with Crippen molar-refractivity contribution < 1.29 is 4.52 Å². The van der Waals surface area contributed by atoms with E-state index in [0.29, 0.717) is 11.8 Å². The van der Waals surface area contributed by atoms with Gasteiger partial charge in [0.05, 0.1) is 5.54 Å². The van der Waals surface area contributed by atoms with E-state index in [1.54, 1.807) is 0 Å². The summed E-state index contributed by atoms with van der Waals surface area (Å²) in [7, 11) is 0. The summed E-state index contributed by atoms with van der Waals surface area (Å²) >= 11 is 0. The minimum atomic E-state index is -0.0983. The zero-order valence-electron chi connectivity index (χ0n) is 14.7. The van der Waals surface area contributed by atoms with Gasteiger partial charge >= 0.3 is 0 Å². The molecule has 1 N–H and O–H groups in total. The van der Waals surface area contributed by atoms with Crippen LogP contribution in [0.4, 0.5) is 0 Å². The Labute approximate surface area is 135 Å². The van der Waals surface area contributed by atoms with E-state index in [9.17, 15) is 0 Å². The fourth-order valence-electron chi connectivity index (χ4n) is 3.18. The molecule has 1 saturated carbocycles. The summed E-state index contributed by atoms with van der Waals surface area (Å²) < 4.78 is 5.18. The average Bonchev–Trinajstić information content (AvgIpc) is 3.27. The highest BCUT2D eigenvalue weighted by Crippen LogP contribution is 2.44. The normalized spacial score (nSPS) is 17.6. The molecule has 126 valence electrons. The SMILES string of the molecule is CCCCCCCCCCNC(C)(c1noc(C)n1)C1CC1. The van der Waals surface area contributed by atoms with Crippen molar-refractivity contribution in [2.45, 2.75) is 90.5 Å². The first-order valence-corrected chi connectivity index (χ1v) is 9.22. The summed E-state index contributed by atoms with van der Waals surface area (Å²) in [5, 5.41) is 7.87. The average molecular weight is 307 g/mol. The molecule has 1 heterocycles. The molecule has 0 bridgehead atoms. The van der Waals surface area contributed by atoms with Gasteiger partial charge in [0.25, 0.3) is 0 Å². The highest BCUT2D eigenvalue weighted by Gasteiger charge is 2.45. The molecule has 2 rings (SSSR count). The molecular weight excluding hydrogens is 274 g/mol. The third kappa shape index (κ3) is 5.08. The van der Waals surface area contributed by atoms with Crippen molar-refractivity contribution >= 4 is 0 Å². The number of hydrogen-bond donors (Lipinski definition) is 1. The van der Waals surface area contributed by atoms with E-state index in [1.807, 2.05) is 6.92 Å². The van der Waals surface area contributed by atoms with E-state index in [2.05, 4.69) is 29.3 Å². The summed E-state index contributed by atoms with van der Waals surface area (Å²) in [5.74, 6) is 2.17. The molecule has 4 nitrogen and oxygen atoms in total.